The molecule has 0 fully saturated rings. The molecule has 0 saturated carbocycles. The average molecular weight is 361 g/mol. The molecule has 0 aromatic rings. The smallest absolute Gasteiger partial charge is 0.225 e. The number of carbonyl (C=O) groups excluding carboxylic acids is 3. The molecule has 0 rings (SSSR count). The Balaban J connectivity index is -0.000000329. The molecule has 25 heavy (non-hydrogen) atoms. The molecule has 5 nitrogen and oxygen atoms in total. The number of hydrogen-bond donors (Lipinski definition) is 1. The molecule has 0 aliphatic carbocycles. The van der Waals surface area contributed by atoms with Gasteiger partial charge in [0.25, 0.3) is 0 Å². The van der Waals surface area contributed by atoms with Crippen LogP contribution in [0, 0.1) is 5.92 Å². The third-order valence-corrected chi connectivity index (χ3v) is 3.02. The largest absolute Gasteiger partial charge is 0.356 e. The number of carbonyl (C=O) groups is 3. The number of amides is 2. The Morgan fingerprint density at radius 1 is 1.04 bits per heavy atom. The van der Waals surface area contributed by atoms with Gasteiger partial charge in [-0.25, -0.2) is 0 Å². The van der Waals surface area contributed by atoms with Crippen molar-refractivity contribution in [3.05, 3.63) is 0 Å². The zero-order valence-electron chi connectivity index (χ0n) is 18.3. The van der Waals surface area contributed by atoms with E-state index in [2.05, 4.69) is 12.2 Å². The SMILES string of the molecule is CC.CC.CC.CCCCCNC(=O)CCN(C)C(=O)C(C)CC=O. The summed E-state index contributed by atoms with van der Waals surface area (Å²) >= 11 is 0. The Kier molecular flexibility index (Phi) is 34.5. The Bertz CT molecular complexity index is 295. The summed E-state index contributed by atoms with van der Waals surface area (Å²) in [4.78, 5) is 35.2. The van der Waals surface area contributed by atoms with Crippen LogP contribution < -0.4 is 5.32 Å². The van der Waals surface area contributed by atoms with Crippen molar-refractivity contribution < 1.29 is 14.4 Å². The first-order valence-corrected chi connectivity index (χ1v) is 9.98. The van der Waals surface area contributed by atoms with Crippen molar-refractivity contribution in [3.63, 3.8) is 0 Å². The minimum Gasteiger partial charge on any atom is -0.356 e. The number of unbranched alkanes of at least 4 members (excludes halogenated alkanes) is 2. The van der Waals surface area contributed by atoms with E-state index < -0.39 is 0 Å². The first kappa shape index (κ1) is 31.4. The molecule has 1 N–H and O–H groups in total. The maximum atomic E-state index is 11.8. The van der Waals surface area contributed by atoms with Gasteiger partial charge in [0, 0.05) is 38.9 Å². The Labute approximate surface area is 156 Å². The van der Waals surface area contributed by atoms with Crippen LogP contribution in [0.15, 0.2) is 0 Å². The summed E-state index contributed by atoms with van der Waals surface area (Å²) in [6.45, 7) is 16.9. The van der Waals surface area contributed by atoms with E-state index in [-0.39, 0.29) is 24.2 Å². The lowest BCUT2D eigenvalue weighted by Crippen LogP contribution is -2.35. The van der Waals surface area contributed by atoms with E-state index in [1.807, 2.05) is 41.5 Å². The molecule has 1 atom stereocenters. The van der Waals surface area contributed by atoms with Gasteiger partial charge in [-0.05, 0) is 6.42 Å². The fraction of sp³-hybridized carbons (Fsp3) is 0.850. The highest BCUT2D eigenvalue weighted by molar-refractivity contribution is 5.81. The molecule has 0 spiro atoms. The summed E-state index contributed by atoms with van der Waals surface area (Å²) in [5, 5.41) is 2.83. The maximum Gasteiger partial charge on any atom is 0.225 e. The maximum absolute atomic E-state index is 11.8. The lowest BCUT2D eigenvalue weighted by molar-refractivity contribution is -0.135. The van der Waals surface area contributed by atoms with Gasteiger partial charge in [-0.15, -0.1) is 0 Å². The Morgan fingerprint density at radius 2 is 1.56 bits per heavy atom. The monoisotopic (exact) mass is 360 g/mol. The fourth-order valence-electron chi connectivity index (χ4n) is 1.69. The summed E-state index contributed by atoms with van der Waals surface area (Å²) in [6.07, 6.45) is 4.52. The van der Waals surface area contributed by atoms with Crippen molar-refractivity contribution in [2.24, 2.45) is 5.92 Å². The van der Waals surface area contributed by atoms with Gasteiger partial charge < -0.3 is 15.0 Å². The van der Waals surface area contributed by atoms with Gasteiger partial charge in [0.15, 0.2) is 0 Å². The van der Waals surface area contributed by atoms with Gasteiger partial charge in [-0.3, -0.25) is 9.59 Å². The minimum atomic E-state index is -0.310. The molecule has 5 heteroatoms. The minimum absolute atomic E-state index is 0.0289. The van der Waals surface area contributed by atoms with Gasteiger partial charge >= 0.3 is 0 Å². The molecule has 0 aliphatic heterocycles. The second-order valence-corrected chi connectivity index (χ2v) is 4.87. The van der Waals surface area contributed by atoms with Gasteiger partial charge in [0.05, 0.1) is 0 Å². The molecule has 0 bridgehead atoms. The number of rotatable bonds is 10. The molecule has 152 valence electrons. The standard InChI is InChI=1S/C14H26N2O3.3C2H6/c1-4-5-6-9-15-13(18)7-10-16(3)14(19)12(2)8-11-17;3*1-2/h11-12H,4-10H2,1-3H3,(H,15,18);3*1-2H3. The predicted octanol–water partition coefficient (Wildman–Crippen LogP) is 4.45. The molecular weight excluding hydrogens is 316 g/mol. The number of nitrogens with zero attached hydrogens (tertiary/aromatic N) is 1. The van der Waals surface area contributed by atoms with Crippen molar-refractivity contribution in [2.75, 3.05) is 20.1 Å². The molecule has 0 saturated heterocycles. The lowest BCUT2D eigenvalue weighted by atomic mass is 10.1. The first-order valence-electron chi connectivity index (χ1n) is 9.98. The number of aldehydes is 1. The molecule has 2 amide bonds. The van der Waals surface area contributed by atoms with Crippen LogP contribution in [0.25, 0.3) is 0 Å². The van der Waals surface area contributed by atoms with Crippen molar-refractivity contribution >= 4 is 18.1 Å². The molecule has 0 aliphatic rings. The zero-order valence-corrected chi connectivity index (χ0v) is 18.3. The normalized spacial score (nSPS) is 9.64. The van der Waals surface area contributed by atoms with Crippen LogP contribution in [0.5, 0.6) is 0 Å². The van der Waals surface area contributed by atoms with E-state index in [9.17, 15) is 14.4 Å². The van der Waals surface area contributed by atoms with Crippen molar-refractivity contribution in [2.45, 2.75) is 87.5 Å². The van der Waals surface area contributed by atoms with Crippen molar-refractivity contribution in [1.82, 2.24) is 10.2 Å². The van der Waals surface area contributed by atoms with Crippen molar-refractivity contribution in [1.29, 1.82) is 0 Å². The van der Waals surface area contributed by atoms with E-state index in [1.54, 1.807) is 14.0 Å². The predicted molar refractivity (Wildman–Crippen MR) is 109 cm³/mol. The molecular formula is C20H44N2O3. The summed E-state index contributed by atoms with van der Waals surface area (Å²) in [5.41, 5.74) is 0. The zero-order chi connectivity index (χ0) is 20.7. The number of nitrogens with one attached hydrogen (secondary N) is 1. The van der Waals surface area contributed by atoms with Crippen LogP contribution in [0.4, 0.5) is 0 Å². The summed E-state index contributed by atoms with van der Waals surface area (Å²) < 4.78 is 0. The third kappa shape index (κ3) is 22.6. The van der Waals surface area contributed by atoms with E-state index in [0.29, 0.717) is 19.5 Å². The fourth-order valence-corrected chi connectivity index (χ4v) is 1.69. The van der Waals surface area contributed by atoms with Gasteiger partial charge in [-0.2, -0.15) is 0 Å². The molecule has 0 heterocycles. The highest BCUT2D eigenvalue weighted by Crippen LogP contribution is 2.04. The highest BCUT2D eigenvalue weighted by Gasteiger charge is 2.17. The second-order valence-electron chi connectivity index (χ2n) is 4.87. The molecule has 0 radical (unpaired) electrons. The van der Waals surface area contributed by atoms with Crippen molar-refractivity contribution in [3.8, 4) is 0 Å². The van der Waals surface area contributed by atoms with Crippen LogP contribution in [0.1, 0.15) is 87.5 Å². The molecule has 0 aromatic heterocycles. The van der Waals surface area contributed by atoms with Crippen LogP contribution in [-0.4, -0.2) is 43.1 Å². The van der Waals surface area contributed by atoms with Crippen LogP contribution in [-0.2, 0) is 14.4 Å². The lowest BCUT2D eigenvalue weighted by Gasteiger charge is -2.20. The topological polar surface area (TPSA) is 66.5 Å². The van der Waals surface area contributed by atoms with E-state index in [1.165, 1.54) is 4.90 Å². The highest BCUT2D eigenvalue weighted by atomic mass is 16.2. The average Bonchev–Trinajstić information content (AvgIpc) is 2.67. The van der Waals surface area contributed by atoms with Crippen LogP contribution >= 0.6 is 0 Å². The van der Waals surface area contributed by atoms with Gasteiger partial charge in [0.1, 0.15) is 6.29 Å². The molecule has 0 aromatic carbocycles. The summed E-state index contributed by atoms with van der Waals surface area (Å²) in [7, 11) is 1.66. The quantitative estimate of drug-likeness (QED) is 0.462. The van der Waals surface area contributed by atoms with Crippen LogP contribution in [0.2, 0.25) is 0 Å². The van der Waals surface area contributed by atoms with E-state index in [4.69, 9.17) is 0 Å². The van der Waals surface area contributed by atoms with Crippen LogP contribution in [0.3, 0.4) is 0 Å². The Hall–Kier alpha value is -1.39. The summed E-state index contributed by atoms with van der Waals surface area (Å²) in [5.74, 6) is -0.431. The molecule has 1 unspecified atom stereocenters. The van der Waals surface area contributed by atoms with Gasteiger partial charge in [-0.1, -0.05) is 68.2 Å². The summed E-state index contributed by atoms with van der Waals surface area (Å²) in [6, 6.07) is 0. The van der Waals surface area contributed by atoms with Gasteiger partial charge in [0.2, 0.25) is 11.8 Å². The number of hydrogen-bond acceptors (Lipinski definition) is 3. The van der Waals surface area contributed by atoms with E-state index >= 15 is 0 Å². The Morgan fingerprint density at radius 3 is 2.00 bits per heavy atom. The van der Waals surface area contributed by atoms with E-state index in [0.717, 1.165) is 25.5 Å². The third-order valence-electron chi connectivity index (χ3n) is 3.02. The second kappa shape index (κ2) is 27.5. The first-order chi connectivity index (χ1) is 12.0.